The van der Waals surface area contributed by atoms with Gasteiger partial charge in [-0.05, 0) is 11.1 Å². The number of aromatic nitrogens is 4. The minimum atomic E-state index is -0.877. The van der Waals surface area contributed by atoms with Crippen LogP contribution in [0.3, 0.4) is 0 Å². The third kappa shape index (κ3) is 5.15. The fourth-order valence-corrected chi connectivity index (χ4v) is 7.11. The SMILES string of the molecule is N#CCC(=O)NC1C(=O)N2C(C(=O)OC(c3ccccc3)c3ccccc3)=C(Sc3nc(N)c4cn[nH]c4n3)CS[C@H]12. The van der Waals surface area contributed by atoms with Crippen molar-refractivity contribution in [3.63, 3.8) is 0 Å². The third-order valence-corrected chi connectivity index (χ3v) is 9.06. The minimum Gasteiger partial charge on any atom is -0.448 e. The fraction of sp³-hybridized carbons (Fsp3) is 0.179. The molecule has 2 amide bonds. The Labute approximate surface area is 247 Å². The molecule has 210 valence electrons. The molecular weight excluding hydrogens is 576 g/mol. The highest BCUT2D eigenvalue weighted by Gasteiger charge is 2.55. The Morgan fingerprint density at radius 1 is 1.17 bits per heavy atom. The summed E-state index contributed by atoms with van der Waals surface area (Å²) in [4.78, 5) is 50.2. The molecule has 2 aromatic heterocycles. The predicted molar refractivity (Wildman–Crippen MR) is 155 cm³/mol. The van der Waals surface area contributed by atoms with E-state index in [0.29, 0.717) is 21.7 Å². The van der Waals surface area contributed by atoms with Crippen molar-refractivity contribution >= 4 is 58.2 Å². The maximum Gasteiger partial charge on any atom is 0.356 e. The number of amides is 2. The fourth-order valence-electron chi connectivity index (χ4n) is 4.69. The van der Waals surface area contributed by atoms with Gasteiger partial charge in [0.1, 0.15) is 29.4 Å². The van der Waals surface area contributed by atoms with Crippen LogP contribution in [0.25, 0.3) is 11.0 Å². The van der Waals surface area contributed by atoms with Crippen LogP contribution in [0.2, 0.25) is 0 Å². The largest absolute Gasteiger partial charge is 0.448 e. The van der Waals surface area contributed by atoms with Crippen molar-refractivity contribution in [1.82, 2.24) is 30.4 Å². The van der Waals surface area contributed by atoms with Gasteiger partial charge >= 0.3 is 5.97 Å². The Bertz CT molecular complexity index is 1720. The second kappa shape index (κ2) is 11.6. The summed E-state index contributed by atoms with van der Waals surface area (Å²) in [5, 5.41) is 18.5. The lowest BCUT2D eigenvalue weighted by Gasteiger charge is -2.49. The molecule has 0 spiro atoms. The normalized spacial score (nSPS) is 17.9. The number of nitrogen functional groups attached to an aromatic ring is 1. The van der Waals surface area contributed by atoms with Gasteiger partial charge in [0.25, 0.3) is 5.91 Å². The van der Waals surface area contributed by atoms with Crippen molar-refractivity contribution in [2.45, 2.75) is 29.1 Å². The van der Waals surface area contributed by atoms with Crippen molar-refractivity contribution in [2.75, 3.05) is 11.5 Å². The number of esters is 1. The third-order valence-electron chi connectivity index (χ3n) is 6.65. The topological polar surface area (TPSA) is 180 Å². The molecule has 4 aromatic rings. The average molecular weight is 599 g/mol. The van der Waals surface area contributed by atoms with Crippen molar-refractivity contribution in [3.8, 4) is 6.07 Å². The molecule has 6 rings (SSSR count). The Morgan fingerprint density at radius 2 is 1.86 bits per heavy atom. The second-order valence-corrected chi connectivity index (χ2v) is 11.5. The Kier molecular flexibility index (Phi) is 7.51. The number of carbonyl (C=O) groups is 3. The molecule has 0 saturated carbocycles. The van der Waals surface area contributed by atoms with E-state index in [0.717, 1.165) is 22.9 Å². The standard InChI is InChI=1S/C28H22N8O4S2/c29-12-11-19(37)32-20-25(38)36-21(27(39)40-22(15-7-3-1-4-8-15)16-9-5-2-6-10-16)18(14-41-26(20)36)42-28-33-23(30)17-13-31-35-24(17)34-28/h1-10,13,20,22,26H,11,14H2,(H,32,37)(H3,30,31,33,34,35)/t20?,26-/m1/s1. The summed E-state index contributed by atoms with van der Waals surface area (Å²) in [6.45, 7) is 0. The molecule has 0 bridgehead atoms. The highest BCUT2D eigenvalue weighted by Crippen LogP contribution is 2.45. The molecule has 1 saturated heterocycles. The number of rotatable bonds is 8. The molecule has 0 aliphatic carbocycles. The van der Waals surface area contributed by atoms with E-state index < -0.39 is 35.3 Å². The molecule has 2 aliphatic rings. The van der Waals surface area contributed by atoms with Crippen LogP contribution in [0.5, 0.6) is 0 Å². The number of benzene rings is 2. The number of aromatic amines is 1. The van der Waals surface area contributed by atoms with Crippen LogP contribution in [0.1, 0.15) is 23.7 Å². The molecule has 14 heteroatoms. The molecule has 12 nitrogen and oxygen atoms in total. The van der Waals surface area contributed by atoms with E-state index in [4.69, 9.17) is 15.7 Å². The van der Waals surface area contributed by atoms with Crippen molar-refractivity contribution in [1.29, 1.82) is 5.26 Å². The first kappa shape index (κ1) is 27.3. The number of nitriles is 1. The summed E-state index contributed by atoms with van der Waals surface area (Å²) < 4.78 is 6.14. The number of nitrogens with one attached hydrogen (secondary N) is 2. The lowest BCUT2D eigenvalue weighted by atomic mass is 10.0. The number of hydrogen-bond donors (Lipinski definition) is 3. The zero-order valence-electron chi connectivity index (χ0n) is 21.8. The van der Waals surface area contributed by atoms with Crippen molar-refractivity contribution < 1.29 is 19.1 Å². The smallest absolute Gasteiger partial charge is 0.356 e. The predicted octanol–water partition coefficient (Wildman–Crippen LogP) is 2.89. The number of anilines is 1. The first-order chi connectivity index (χ1) is 20.4. The number of H-pyrrole nitrogens is 1. The van der Waals surface area contributed by atoms with Crippen LogP contribution >= 0.6 is 23.5 Å². The first-order valence-corrected chi connectivity index (χ1v) is 14.6. The van der Waals surface area contributed by atoms with Gasteiger partial charge in [0.15, 0.2) is 16.9 Å². The quantitative estimate of drug-likeness (QED) is 0.154. The van der Waals surface area contributed by atoms with Gasteiger partial charge in [-0.15, -0.1) is 11.8 Å². The molecule has 42 heavy (non-hydrogen) atoms. The van der Waals surface area contributed by atoms with E-state index in [-0.39, 0.29) is 23.1 Å². The van der Waals surface area contributed by atoms with Crippen LogP contribution < -0.4 is 11.1 Å². The van der Waals surface area contributed by atoms with Gasteiger partial charge in [0.05, 0.1) is 17.7 Å². The summed E-state index contributed by atoms with van der Waals surface area (Å²) in [6.07, 6.45) is 0.398. The van der Waals surface area contributed by atoms with E-state index in [1.807, 2.05) is 60.7 Å². The Balaban J connectivity index is 1.37. The van der Waals surface area contributed by atoms with Crippen LogP contribution in [0.15, 0.2) is 82.6 Å². The second-order valence-electron chi connectivity index (χ2n) is 9.29. The Hall–Kier alpha value is -4.87. The van der Waals surface area contributed by atoms with Crippen LogP contribution in [0.4, 0.5) is 5.82 Å². The van der Waals surface area contributed by atoms with E-state index in [9.17, 15) is 14.4 Å². The Morgan fingerprint density at radius 3 is 2.52 bits per heavy atom. The molecule has 2 aliphatic heterocycles. The summed E-state index contributed by atoms with van der Waals surface area (Å²) in [7, 11) is 0. The number of nitrogens with two attached hydrogens (primary N) is 1. The van der Waals surface area contributed by atoms with Gasteiger partial charge in [-0.2, -0.15) is 10.4 Å². The number of carbonyl (C=O) groups excluding carboxylic acids is 3. The van der Waals surface area contributed by atoms with Gasteiger partial charge in [0.2, 0.25) is 5.91 Å². The summed E-state index contributed by atoms with van der Waals surface area (Å²) >= 11 is 2.47. The molecule has 1 fully saturated rings. The maximum atomic E-state index is 14.1. The van der Waals surface area contributed by atoms with Crippen LogP contribution in [0, 0.1) is 11.3 Å². The number of β-lactam (4-membered cyclic amide) rings is 1. The summed E-state index contributed by atoms with van der Waals surface area (Å²) in [5.74, 6) is -1.24. The highest BCUT2D eigenvalue weighted by atomic mass is 32.2. The van der Waals surface area contributed by atoms with Gasteiger partial charge in [-0.25, -0.2) is 14.8 Å². The van der Waals surface area contributed by atoms with Gasteiger partial charge in [-0.3, -0.25) is 19.6 Å². The van der Waals surface area contributed by atoms with Crippen LogP contribution in [-0.4, -0.2) is 60.0 Å². The number of thioether (sulfide) groups is 2. The molecule has 4 heterocycles. The monoisotopic (exact) mass is 598 g/mol. The molecule has 4 N–H and O–H groups in total. The molecule has 2 aromatic carbocycles. The van der Waals surface area contributed by atoms with Gasteiger partial charge < -0.3 is 15.8 Å². The summed E-state index contributed by atoms with van der Waals surface area (Å²) in [6, 6.07) is 19.5. The molecule has 0 radical (unpaired) electrons. The number of hydrogen-bond acceptors (Lipinski definition) is 11. The van der Waals surface area contributed by atoms with E-state index in [1.54, 1.807) is 6.07 Å². The zero-order chi connectivity index (χ0) is 29.2. The summed E-state index contributed by atoms with van der Waals surface area (Å²) in [5.41, 5.74) is 8.09. The van der Waals surface area contributed by atoms with Crippen molar-refractivity contribution in [3.05, 3.63) is 88.6 Å². The van der Waals surface area contributed by atoms with E-state index >= 15 is 0 Å². The molecular formula is C28H22N8O4S2. The van der Waals surface area contributed by atoms with Crippen molar-refractivity contribution in [2.24, 2.45) is 0 Å². The van der Waals surface area contributed by atoms with Gasteiger partial charge in [0, 0.05) is 10.7 Å². The lowest BCUT2D eigenvalue weighted by Crippen LogP contribution is -2.70. The number of nitrogens with zero attached hydrogens (tertiary/aromatic N) is 5. The number of ether oxygens (including phenoxy) is 1. The first-order valence-electron chi connectivity index (χ1n) is 12.7. The van der Waals surface area contributed by atoms with Gasteiger partial charge in [-0.1, -0.05) is 72.4 Å². The maximum absolute atomic E-state index is 14.1. The van der Waals surface area contributed by atoms with Crippen LogP contribution in [-0.2, 0) is 19.1 Å². The van der Waals surface area contributed by atoms with E-state index in [2.05, 4.69) is 25.5 Å². The lowest BCUT2D eigenvalue weighted by molar-refractivity contribution is -0.154. The molecule has 2 atom stereocenters. The minimum absolute atomic E-state index is 0.0447. The van der Waals surface area contributed by atoms with E-state index in [1.165, 1.54) is 22.9 Å². The zero-order valence-corrected chi connectivity index (χ0v) is 23.4. The number of fused-ring (bicyclic) bond motifs is 2. The molecule has 1 unspecified atom stereocenters. The average Bonchev–Trinajstić information content (AvgIpc) is 3.49. The highest BCUT2D eigenvalue weighted by molar-refractivity contribution is 8.06.